The fourth-order valence-electron chi connectivity index (χ4n) is 4.02. The minimum absolute atomic E-state index is 0.471. The second-order valence-corrected chi connectivity index (χ2v) is 8.68. The third-order valence-electron chi connectivity index (χ3n) is 5.60. The van der Waals surface area contributed by atoms with E-state index < -0.39 is 5.54 Å². The molecule has 3 aromatic carbocycles. The number of benzene rings is 3. The fourth-order valence-corrected chi connectivity index (χ4v) is 4.54. The van der Waals surface area contributed by atoms with E-state index in [2.05, 4.69) is 73.5 Å². The van der Waals surface area contributed by atoms with Crippen LogP contribution < -0.4 is 10.2 Å². The number of para-hydroxylation sites is 1. The van der Waals surface area contributed by atoms with Crippen molar-refractivity contribution >= 4 is 46.1 Å². The topological polar surface area (TPSA) is 27.6 Å². The molecule has 0 fully saturated rings. The zero-order valence-electron chi connectivity index (χ0n) is 17.3. The predicted octanol–water partition coefficient (Wildman–Crippen LogP) is 6.57. The minimum Gasteiger partial charge on any atom is -0.341 e. The van der Waals surface area contributed by atoms with Crippen LogP contribution in [-0.2, 0) is 6.42 Å². The van der Waals surface area contributed by atoms with Crippen LogP contribution in [0.25, 0.3) is 0 Å². The lowest BCUT2D eigenvalue weighted by atomic mass is 9.89. The molecule has 152 valence electrons. The third kappa shape index (κ3) is 3.85. The van der Waals surface area contributed by atoms with E-state index in [-0.39, 0.29) is 0 Å². The Morgan fingerprint density at radius 1 is 0.933 bits per heavy atom. The zero-order valence-corrected chi connectivity index (χ0v) is 18.9. The lowest BCUT2D eigenvalue weighted by Gasteiger charge is -2.37. The molecule has 0 saturated carbocycles. The molecule has 1 N–H and O–H groups in total. The van der Waals surface area contributed by atoms with E-state index in [1.807, 2.05) is 30.3 Å². The summed E-state index contributed by atoms with van der Waals surface area (Å²) in [6, 6.07) is 24.5. The molecule has 4 rings (SSSR count). The highest BCUT2D eigenvalue weighted by Gasteiger charge is 2.45. The lowest BCUT2D eigenvalue weighted by molar-refractivity contribution is 0.626. The van der Waals surface area contributed by atoms with Crippen LogP contribution in [0.3, 0.4) is 0 Å². The Balaban J connectivity index is 1.78. The SMILES string of the molecule is Cc1cccc(C)c1NC1=NC(=S)N(c2ccc(Cl)cc2)C1(C)Cc1ccccc1. The van der Waals surface area contributed by atoms with E-state index in [0.717, 1.165) is 23.6 Å². The number of nitrogens with one attached hydrogen (secondary N) is 1. The van der Waals surface area contributed by atoms with Gasteiger partial charge in [0, 0.05) is 22.8 Å². The number of halogens is 1. The minimum atomic E-state index is -0.471. The second kappa shape index (κ2) is 8.21. The van der Waals surface area contributed by atoms with Crippen molar-refractivity contribution in [2.24, 2.45) is 4.99 Å². The molecule has 1 unspecified atom stereocenters. The van der Waals surface area contributed by atoms with Gasteiger partial charge >= 0.3 is 0 Å². The highest BCUT2D eigenvalue weighted by molar-refractivity contribution is 7.80. The summed E-state index contributed by atoms with van der Waals surface area (Å²) in [5.41, 5.74) is 5.16. The summed E-state index contributed by atoms with van der Waals surface area (Å²) >= 11 is 11.9. The summed E-state index contributed by atoms with van der Waals surface area (Å²) in [6.07, 6.45) is 0.757. The van der Waals surface area contributed by atoms with Gasteiger partial charge in [0.25, 0.3) is 0 Å². The van der Waals surface area contributed by atoms with Gasteiger partial charge in [-0.2, -0.15) is 0 Å². The molecule has 0 aromatic heterocycles. The Morgan fingerprint density at radius 2 is 1.57 bits per heavy atom. The van der Waals surface area contributed by atoms with Gasteiger partial charge in [-0.1, -0.05) is 60.1 Å². The van der Waals surface area contributed by atoms with Gasteiger partial charge in [-0.25, -0.2) is 4.99 Å². The van der Waals surface area contributed by atoms with Crippen LogP contribution in [0.15, 0.2) is 77.8 Å². The van der Waals surface area contributed by atoms with Gasteiger partial charge in [0.15, 0.2) is 0 Å². The van der Waals surface area contributed by atoms with E-state index in [1.54, 1.807) is 0 Å². The van der Waals surface area contributed by atoms with E-state index >= 15 is 0 Å². The maximum Gasteiger partial charge on any atom is 0.202 e. The van der Waals surface area contributed by atoms with Crippen LogP contribution in [0.1, 0.15) is 23.6 Å². The molecule has 0 radical (unpaired) electrons. The van der Waals surface area contributed by atoms with E-state index in [4.69, 9.17) is 28.8 Å². The average molecular weight is 434 g/mol. The van der Waals surface area contributed by atoms with E-state index in [0.29, 0.717) is 10.1 Å². The maximum absolute atomic E-state index is 6.13. The smallest absolute Gasteiger partial charge is 0.202 e. The number of aryl methyl sites for hydroxylation is 2. The monoisotopic (exact) mass is 433 g/mol. The Kier molecular flexibility index (Phi) is 5.63. The van der Waals surface area contributed by atoms with Crippen molar-refractivity contribution in [2.45, 2.75) is 32.7 Å². The fraction of sp³-hybridized carbons (Fsp3) is 0.200. The first-order valence-electron chi connectivity index (χ1n) is 9.94. The molecule has 3 nitrogen and oxygen atoms in total. The van der Waals surface area contributed by atoms with Crippen molar-refractivity contribution in [3.8, 4) is 0 Å². The molecule has 0 aliphatic carbocycles. The predicted molar refractivity (Wildman–Crippen MR) is 132 cm³/mol. The quantitative estimate of drug-likeness (QED) is 0.471. The highest BCUT2D eigenvalue weighted by Crippen LogP contribution is 2.36. The lowest BCUT2D eigenvalue weighted by Crippen LogP contribution is -2.53. The normalized spacial score (nSPS) is 18.5. The first kappa shape index (κ1) is 20.6. The van der Waals surface area contributed by atoms with Crippen molar-refractivity contribution < 1.29 is 0 Å². The van der Waals surface area contributed by atoms with Crippen LogP contribution in [0.2, 0.25) is 5.02 Å². The van der Waals surface area contributed by atoms with E-state index in [9.17, 15) is 0 Å². The molecule has 1 heterocycles. The van der Waals surface area contributed by atoms with Gasteiger partial charge in [0.05, 0.1) is 0 Å². The van der Waals surface area contributed by atoms with Crippen molar-refractivity contribution in [1.29, 1.82) is 0 Å². The first-order chi connectivity index (χ1) is 14.4. The summed E-state index contributed by atoms with van der Waals surface area (Å²) in [5.74, 6) is 0.851. The summed E-state index contributed by atoms with van der Waals surface area (Å²) in [6.45, 7) is 6.40. The molecule has 0 spiro atoms. The van der Waals surface area contributed by atoms with Crippen LogP contribution in [0.4, 0.5) is 11.4 Å². The number of hydrogen-bond acceptors (Lipinski definition) is 2. The molecule has 0 bridgehead atoms. The molecule has 1 atom stereocenters. The Hall–Kier alpha value is -2.69. The van der Waals surface area contributed by atoms with Gasteiger partial charge in [0.1, 0.15) is 11.4 Å². The molecule has 1 aliphatic heterocycles. The van der Waals surface area contributed by atoms with Gasteiger partial charge in [-0.05, 0) is 73.9 Å². The van der Waals surface area contributed by atoms with Crippen molar-refractivity contribution in [2.75, 3.05) is 10.2 Å². The maximum atomic E-state index is 6.13. The van der Waals surface area contributed by atoms with Gasteiger partial charge in [0.2, 0.25) is 5.11 Å². The Labute approximate surface area is 188 Å². The van der Waals surface area contributed by atoms with Crippen LogP contribution >= 0.6 is 23.8 Å². The van der Waals surface area contributed by atoms with Crippen molar-refractivity contribution in [3.05, 3.63) is 94.5 Å². The number of anilines is 2. The number of hydrogen-bond donors (Lipinski definition) is 1. The Bertz CT molecular complexity index is 1090. The summed E-state index contributed by atoms with van der Waals surface area (Å²) in [7, 11) is 0. The molecule has 0 saturated heterocycles. The summed E-state index contributed by atoms with van der Waals surface area (Å²) in [4.78, 5) is 6.95. The van der Waals surface area contributed by atoms with Crippen LogP contribution in [0, 0.1) is 13.8 Å². The molecule has 5 heteroatoms. The second-order valence-electron chi connectivity index (χ2n) is 7.88. The van der Waals surface area contributed by atoms with Crippen molar-refractivity contribution in [3.63, 3.8) is 0 Å². The molecular weight excluding hydrogens is 410 g/mol. The third-order valence-corrected chi connectivity index (χ3v) is 6.13. The largest absolute Gasteiger partial charge is 0.341 e. The highest BCUT2D eigenvalue weighted by atomic mass is 35.5. The Morgan fingerprint density at radius 3 is 2.20 bits per heavy atom. The molecular formula is C25H24ClN3S. The van der Waals surface area contributed by atoms with Crippen LogP contribution in [-0.4, -0.2) is 16.5 Å². The molecule has 0 amide bonds. The van der Waals surface area contributed by atoms with E-state index in [1.165, 1.54) is 16.7 Å². The molecule has 1 aliphatic rings. The first-order valence-corrected chi connectivity index (χ1v) is 10.7. The molecule has 3 aromatic rings. The number of nitrogens with zero attached hydrogens (tertiary/aromatic N) is 2. The van der Waals surface area contributed by atoms with Crippen molar-refractivity contribution in [1.82, 2.24) is 0 Å². The number of aliphatic imine (C=N–C) groups is 1. The number of amidine groups is 1. The van der Waals surface area contributed by atoms with Crippen LogP contribution in [0.5, 0.6) is 0 Å². The summed E-state index contributed by atoms with van der Waals surface area (Å²) in [5, 5.41) is 4.87. The number of rotatable bonds is 4. The van der Waals surface area contributed by atoms with Gasteiger partial charge in [-0.15, -0.1) is 0 Å². The zero-order chi connectivity index (χ0) is 21.3. The van der Waals surface area contributed by atoms with Gasteiger partial charge < -0.3 is 10.2 Å². The standard InChI is InChI=1S/C25H24ClN3S/c1-17-8-7-9-18(2)22(17)27-23-25(3,16-19-10-5-4-6-11-19)29(24(30)28-23)21-14-12-20(26)13-15-21/h4-15H,16H2,1-3H3,(H,27,28,30). The average Bonchev–Trinajstić information content (AvgIpc) is 2.96. The summed E-state index contributed by atoms with van der Waals surface area (Å²) < 4.78 is 0. The number of thiocarbonyl (C=S) groups is 1. The van der Waals surface area contributed by atoms with Gasteiger partial charge in [-0.3, -0.25) is 0 Å². The molecule has 30 heavy (non-hydrogen) atoms.